The fraction of sp³-hybridized carbons (Fsp3) is 0.333. The molecule has 0 aliphatic carbocycles. The molecule has 0 heterocycles. The molecule has 3 N–H and O–H groups in total. The Labute approximate surface area is 89.3 Å². The molecule has 0 aromatic heterocycles. The molecule has 84 valence electrons. The van der Waals surface area contributed by atoms with Gasteiger partial charge in [0.05, 0.1) is 5.75 Å². The molecule has 5 nitrogen and oxygen atoms in total. The van der Waals surface area contributed by atoms with E-state index < -0.39 is 10.0 Å². The molecule has 1 rings (SSSR count). The van der Waals surface area contributed by atoms with Crippen LogP contribution >= 0.6 is 0 Å². The number of rotatable bonds is 5. The van der Waals surface area contributed by atoms with E-state index in [4.69, 9.17) is 10.5 Å². The summed E-state index contributed by atoms with van der Waals surface area (Å²) in [6.07, 6.45) is 0. The van der Waals surface area contributed by atoms with Crippen molar-refractivity contribution in [1.82, 2.24) is 4.72 Å². The van der Waals surface area contributed by atoms with Crippen molar-refractivity contribution < 1.29 is 13.2 Å². The zero-order valence-corrected chi connectivity index (χ0v) is 9.25. The van der Waals surface area contributed by atoms with Crippen LogP contribution in [0.5, 0.6) is 5.75 Å². The van der Waals surface area contributed by atoms with Crippen LogP contribution in [0.2, 0.25) is 0 Å². The number of nitrogens with two attached hydrogens (primary N) is 1. The van der Waals surface area contributed by atoms with E-state index in [1.807, 2.05) is 0 Å². The van der Waals surface area contributed by atoms with Crippen LogP contribution in [-0.4, -0.2) is 27.8 Å². The summed E-state index contributed by atoms with van der Waals surface area (Å²) in [7, 11) is -1.84. The number of hydrogen-bond donors (Lipinski definition) is 2. The summed E-state index contributed by atoms with van der Waals surface area (Å²) < 4.78 is 29.5. The van der Waals surface area contributed by atoms with E-state index in [2.05, 4.69) is 4.72 Å². The lowest BCUT2D eigenvalue weighted by atomic mass is 10.3. The molecule has 0 spiro atoms. The number of anilines is 1. The van der Waals surface area contributed by atoms with Crippen molar-refractivity contribution in [3.8, 4) is 5.75 Å². The normalized spacial score (nSPS) is 11.3. The third-order valence-electron chi connectivity index (χ3n) is 1.79. The minimum absolute atomic E-state index is 0.0711. The van der Waals surface area contributed by atoms with E-state index in [1.54, 1.807) is 24.3 Å². The smallest absolute Gasteiger partial charge is 0.214 e. The summed E-state index contributed by atoms with van der Waals surface area (Å²) in [6.45, 7) is 0.104. The Hall–Kier alpha value is -1.27. The highest BCUT2D eigenvalue weighted by molar-refractivity contribution is 7.89. The maximum atomic E-state index is 11.0. The van der Waals surface area contributed by atoms with Crippen LogP contribution in [0.15, 0.2) is 24.3 Å². The average Bonchev–Trinajstić information content (AvgIpc) is 2.18. The van der Waals surface area contributed by atoms with Gasteiger partial charge in [-0.15, -0.1) is 0 Å². The maximum absolute atomic E-state index is 11.0. The van der Waals surface area contributed by atoms with E-state index in [-0.39, 0.29) is 12.4 Å². The first-order valence-electron chi connectivity index (χ1n) is 4.43. The number of hydrogen-bond acceptors (Lipinski definition) is 4. The van der Waals surface area contributed by atoms with Crippen LogP contribution < -0.4 is 15.2 Å². The van der Waals surface area contributed by atoms with E-state index in [0.717, 1.165) is 0 Å². The van der Waals surface area contributed by atoms with Crippen LogP contribution in [0.4, 0.5) is 5.69 Å². The molecule has 0 radical (unpaired) electrons. The quantitative estimate of drug-likeness (QED) is 0.708. The van der Waals surface area contributed by atoms with Crippen molar-refractivity contribution in [2.45, 2.75) is 0 Å². The molecular weight excluding hydrogens is 216 g/mol. The molecule has 0 saturated heterocycles. The van der Waals surface area contributed by atoms with Gasteiger partial charge in [0.2, 0.25) is 10.0 Å². The summed E-state index contributed by atoms with van der Waals surface area (Å²) in [6, 6.07) is 6.85. The molecule has 0 aliphatic rings. The van der Waals surface area contributed by atoms with Crippen LogP contribution in [-0.2, 0) is 10.0 Å². The zero-order valence-electron chi connectivity index (χ0n) is 8.43. The van der Waals surface area contributed by atoms with Gasteiger partial charge in [0.1, 0.15) is 12.4 Å². The lowest BCUT2D eigenvalue weighted by Crippen LogP contribution is -2.25. The molecular formula is C9H14N2O3S. The summed E-state index contributed by atoms with van der Waals surface area (Å²) in [5.41, 5.74) is 6.12. The van der Waals surface area contributed by atoms with Gasteiger partial charge >= 0.3 is 0 Å². The fourth-order valence-electron chi connectivity index (χ4n) is 0.976. The molecule has 0 atom stereocenters. The Balaban J connectivity index is 2.45. The summed E-state index contributed by atoms with van der Waals surface area (Å²) >= 11 is 0. The molecule has 0 saturated carbocycles. The third-order valence-corrected chi connectivity index (χ3v) is 3.12. The van der Waals surface area contributed by atoms with Gasteiger partial charge in [-0.2, -0.15) is 0 Å². The van der Waals surface area contributed by atoms with E-state index in [9.17, 15) is 8.42 Å². The largest absolute Gasteiger partial charge is 0.492 e. The van der Waals surface area contributed by atoms with Crippen LogP contribution in [0.1, 0.15) is 0 Å². The van der Waals surface area contributed by atoms with E-state index >= 15 is 0 Å². The number of nitrogen functional groups attached to an aromatic ring is 1. The second-order valence-corrected chi connectivity index (χ2v) is 4.99. The highest BCUT2D eigenvalue weighted by Gasteiger charge is 2.06. The van der Waals surface area contributed by atoms with Crippen molar-refractivity contribution in [2.24, 2.45) is 0 Å². The number of sulfonamides is 1. The van der Waals surface area contributed by atoms with Crippen LogP contribution in [0, 0.1) is 0 Å². The van der Waals surface area contributed by atoms with E-state index in [1.165, 1.54) is 7.05 Å². The van der Waals surface area contributed by atoms with E-state index in [0.29, 0.717) is 11.4 Å². The number of benzene rings is 1. The zero-order chi connectivity index (χ0) is 11.3. The first kappa shape index (κ1) is 11.8. The van der Waals surface area contributed by atoms with Crippen molar-refractivity contribution in [1.29, 1.82) is 0 Å². The molecule has 6 heteroatoms. The second-order valence-electron chi connectivity index (χ2n) is 2.94. The Bertz CT molecular complexity index is 417. The lowest BCUT2D eigenvalue weighted by Gasteiger charge is -2.06. The molecule has 0 fully saturated rings. The topological polar surface area (TPSA) is 81.4 Å². The Kier molecular flexibility index (Phi) is 3.93. The average molecular weight is 230 g/mol. The van der Waals surface area contributed by atoms with Gasteiger partial charge in [0.25, 0.3) is 0 Å². The van der Waals surface area contributed by atoms with Gasteiger partial charge in [0.15, 0.2) is 0 Å². The summed E-state index contributed by atoms with van der Waals surface area (Å²) in [5, 5.41) is 0. The molecule has 0 aliphatic heterocycles. The monoisotopic (exact) mass is 230 g/mol. The van der Waals surface area contributed by atoms with Crippen molar-refractivity contribution in [3.05, 3.63) is 24.3 Å². The molecule has 1 aromatic carbocycles. The first-order chi connectivity index (χ1) is 7.03. The van der Waals surface area contributed by atoms with Crippen molar-refractivity contribution >= 4 is 15.7 Å². The molecule has 1 aromatic rings. The van der Waals surface area contributed by atoms with Gasteiger partial charge < -0.3 is 10.5 Å². The third kappa shape index (κ3) is 4.18. The minimum Gasteiger partial charge on any atom is -0.492 e. The predicted molar refractivity (Wildman–Crippen MR) is 59.2 cm³/mol. The van der Waals surface area contributed by atoms with Gasteiger partial charge in [-0.05, 0) is 19.2 Å². The Morgan fingerprint density at radius 3 is 2.80 bits per heavy atom. The number of ether oxygens (including phenoxy) is 1. The second kappa shape index (κ2) is 4.99. The van der Waals surface area contributed by atoms with Crippen LogP contribution in [0.25, 0.3) is 0 Å². The fourth-order valence-corrected chi connectivity index (χ4v) is 1.48. The first-order valence-corrected chi connectivity index (χ1v) is 6.08. The van der Waals surface area contributed by atoms with Gasteiger partial charge in [-0.1, -0.05) is 6.07 Å². The van der Waals surface area contributed by atoms with Crippen molar-refractivity contribution in [3.63, 3.8) is 0 Å². The Morgan fingerprint density at radius 1 is 1.47 bits per heavy atom. The molecule has 0 amide bonds. The number of nitrogens with one attached hydrogen (secondary N) is 1. The minimum atomic E-state index is -3.21. The van der Waals surface area contributed by atoms with Gasteiger partial charge in [0, 0.05) is 11.8 Å². The highest BCUT2D eigenvalue weighted by atomic mass is 32.2. The van der Waals surface area contributed by atoms with Gasteiger partial charge in [-0.25, -0.2) is 13.1 Å². The summed E-state index contributed by atoms with van der Waals surface area (Å²) in [5.74, 6) is 0.500. The standard InChI is InChI=1S/C9H14N2O3S/c1-11-15(12,13)6-5-14-9-4-2-3-8(10)7-9/h2-4,7,11H,5-6,10H2,1H3. The lowest BCUT2D eigenvalue weighted by molar-refractivity contribution is 0.340. The van der Waals surface area contributed by atoms with Crippen LogP contribution in [0.3, 0.4) is 0 Å². The SMILES string of the molecule is CNS(=O)(=O)CCOc1cccc(N)c1. The van der Waals surface area contributed by atoms with Gasteiger partial charge in [-0.3, -0.25) is 0 Å². The molecule has 0 bridgehead atoms. The molecule has 0 unspecified atom stereocenters. The maximum Gasteiger partial charge on any atom is 0.214 e. The Morgan fingerprint density at radius 2 is 2.20 bits per heavy atom. The summed E-state index contributed by atoms with van der Waals surface area (Å²) in [4.78, 5) is 0. The highest BCUT2D eigenvalue weighted by Crippen LogP contribution is 2.14. The molecule has 15 heavy (non-hydrogen) atoms. The van der Waals surface area contributed by atoms with Crippen molar-refractivity contribution in [2.75, 3.05) is 25.1 Å². The predicted octanol–water partition coefficient (Wildman–Crippen LogP) is 0.197.